The van der Waals surface area contributed by atoms with E-state index in [1.165, 1.54) is 29.7 Å². The van der Waals surface area contributed by atoms with Crippen LogP contribution in [-0.4, -0.2) is 46.6 Å². The Bertz CT molecular complexity index is 1240. The smallest absolute Gasteiger partial charge is 0.244 e. The van der Waals surface area contributed by atoms with Crippen molar-refractivity contribution in [1.82, 2.24) is 20.4 Å². The minimum atomic E-state index is -0.273. The summed E-state index contributed by atoms with van der Waals surface area (Å²) in [6.45, 7) is 5.12. The number of fused-ring (bicyclic) bond motifs is 1. The van der Waals surface area contributed by atoms with E-state index < -0.39 is 0 Å². The Kier molecular flexibility index (Phi) is 9.69. The Morgan fingerprint density at radius 3 is 2.53 bits per heavy atom. The maximum absolute atomic E-state index is 13.0. The summed E-state index contributed by atoms with van der Waals surface area (Å²) in [6.07, 6.45) is 11.0. The number of amides is 1. The molecule has 6 nitrogen and oxygen atoms in total. The van der Waals surface area contributed by atoms with Crippen LogP contribution in [0.3, 0.4) is 0 Å². The first-order valence-electron chi connectivity index (χ1n) is 13.4. The third-order valence-corrected chi connectivity index (χ3v) is 7.73. The fourth-order valence-electron chi connectivity index (χ4n) is 5.51. The number of hydrogen-bond acceptors (Lipinski definition) is 5. The van der Waals surface area contributed by atoms with Crippen molar-refractivity contribution in [2.24, 2.45) is 5.92 Å². The Labute approximate surface area is 230 Å². The predicted octanol–water partition coefficient (Wildman–Crippen LogP) is 5.79. The lowest BCUT2D eigenvalue weighted by molar-refractivity contribution is -0.117. The van der Waals surface area contributed by atoms with Gasteiger partial charge in [0.15, 0.2) is 0 Å². The van der Waals surface area contributed by atoms with Crippen LogP contribution >= 0.6 is 12.4 Å². The standard InChI is InChI=1S/C30H35FN4O2.ClH/c1-21-32-30(34-37-21)26-8-7-24-15-18-35(19-16-25(24)20-26)17-14-23-4-11-28(12-5-23)33-29(36)13-6-22-2-9-27(31)10-3-22;/h2-3,6-10,13,20,23,28H,4-5,11-12,14-19H2,1H3,(H,33,36);1H. The van der Waals surface area contributed by atoms with Crippen LogP contribution in [0.1, 0.15) is 54.7 Å². The molecule has 2 aliphatic rings. The molecule has 2 aromatic carbocycles. The first-order valence-corrected chi connectivity index (χ1v) is 13.4. The quantitative estimate of drug-likeness (QED) is 0.386. The number of carbonyl (C=O) groups excluding carboxylic acids is 1. The van der Waals surface area contributed by atoms with E-state index in [2.05, 4.69) is 38.6 Å². The number of aromatic nitrogens is 2. The van der Waals surface area contributed by atoms with E-state index in [-0.39, 0.29) is 30.2 Å². The van der Waals surface area contributed by atoms with Crippen molar-refractivity contribution in [3.05, 3.63) is 76.9 Å². The summed E-state index contributed by atoms with van der Waals surface area (Å²) >= 11 is 0. The highest BCUT2D eigenvalue weighted by atomic mass is 35.5. The summed E-state index contributed by atoms with van der Waals surface area (Å²) in [5, 5.41) is 7.20. The monoisotopic (exact) mass is 538 g/mol. The minimum Gasteiger partial charge on any atom is -0.350 e. The molecule has 2 heterocycles. The SMILES string of the molecule is Cc1nc(-c2ccc3c(c2)CCN(CCC2CCC(NC(=O)C=Cc4ccc(F)cc4)CC2)CC3)no1.Cl. The van der Waals surface area contributed by atoms with Gasteiger partial charge in [-0.3, -0.25) is 4.79 Å². The van der Waals surface area contributed by atoms with Gasteiger partial charge in [-0.25, -0.2) is 4.39 Å². The molecule has 38 heavy (non-hydrogen) atoms. The Morgan fingerprint density at radius 1 is 1.08 bits per heavy atom. The summed E-state index contributed by atoms with van der Waals surface area (Å²) in [5.41, 5.74) is 4.67. The molecule has 0 spiro atoms. The second kappa shape index (κ2) is 13.2. The summed E-state index contributed by atoms with van der Waals surface area (Å²) < 4.78 is 18.2. The Morgan fingerprint density at radius 2 is 1.82 bits per heavy atom. The third-order valence-electron chi connectivity index (χ3n) is 7.73. The normalized spacial score (nSPS) is 19.9. The molecule has 0 unspecified atom stereocenters. The summed E-state index contributed by atoms with van der Waals surface area (Å²) in [6, 6.07) is 12.9. The van der Waals surface area contributed by atoms with E-state index in [1.54, 1.807) is 24.3 Å². The average molecular weight is 539 g/mol. The van der Waals surface area contributed by atoms with Crippen molar-refractivity contribution in [1.29, 1.82) is 0 Å². The van der Waals surface area contributed by atoms with Crippen molar-refractivity contribution in [3.8, 4) is 11.4 Å². The maximum Gasteiger partial charge on any atom is 0.244 e. The van der Waals surface area contributed by atoms with Crippen LogP contribution in [-0.2, 0) is 17.6 Å². The lowest BCUT2D eigenvalue weighted by Gasteiger charge is -2.30. The summed E-state index contributed by atoms with van der Waals surface area (Å²) in [5.74, 6) is 1.63. The van der Waals surface area contributed by atoms with Gasteiger partial charge in [-0.1, -0.05) is 29.4 Å². The van der Waals surface area contributed by atoms with Crippen molar-refractivity contribution in [3.63, 3.8) is 0 Å². The molecule has 0 radical (unpaired) electrons. The number of carbonyl (C=O) groups is 1. The molecule has 0 saturated heterocycles. The Balaban J connectivity index is 0.00000336. The van der Waals surface area contributed by atoms with E-state index in [0.717, 1.165) is 75.2 Å². The predicted molar refractivity (Wildman–Crippen MR) is 150 cm³/mol. The first kappa shape index (κ1) is 28.0. The number of benzene rings is 2. The van der Waals surface area contributed by atoms with Gasteiger partial charge in [0.1, 0.15) is 5.82 Å². The number of aryl methyl sites for hydroxylation is 1. The summed E-state index contributed by atoms with van der Waals surface area (Å²) in [7, 11) is 0. The molecule has 202 valence electrons. The van der Waals surface area contributed by atoms with Gasteiger partial charge in [-0.15, -0.1) is 12.4 Å². The molecule has 5 rings (SSSR count). The van der Waals surface area contributed by atoms with Crippen LogP contribution in [0.2, 0.25) is 0 Å². The fraction of sp³-hybridized carbons (Fsp3) is 0.433. The maximum atomic E-state index is 13.0. The molecular formula is C30H36ClFN4O2. The largest absolute Gasteiger partial charge is 0.350 e. The first-order chi connectivity index (χ1) is 18.0. The Hall–Kier alpha value is -3.03. The van der Waals surface area contributed by atoms with E-state index in [0.29, 0.717) is 11.7 Å². The van der Waals surface area contributed by atoms with Gasteiger partial charge in [0, 0.05) is 37.7 Å². The van der Waals surface area contributed by atoms with Gasteiger partial charge in [-0.05, 0) is 98.4 Å². The number of halogens is 2. The molecule has 1 aromatic heterocycles. The molecular weight excluding hydrogens is 503 g/mol. The number of nitrogens with zero attached hydrogens (tertiary/aromatic N) is 3. The summed E-state index contributed by atoms with van der Waals surface area (Å²) in [4.78, 5) is 19.3. The highest BCUT2D eigenvalue weighted by Crippen LogP contribution is 2.28. The molecule has 1 saturated carbocycles. The number of rotatable bonds is 7. The average Bonchev–Trinajstić information content (AvgIpc) is 3.24. The molecule has 0 bridgehead atoms. The van der Waals surface area contributed by atoms with Gasteiger partial charge >= 0.3 is 0 Å². The van der Waals surface area contributed by atoms with Crippen LogP contribution < -0.4 is 5.32 Å². The van der Waals surface area contributed by atoms with Crippen LogP contribution in [0, 0.1) is 18.7 Å². The van der Waals surface area contributed by atoms with Gasteiger partial charge in [-0.2, -0.15) is 4.98 Å². The zero-order chi connectivity index (χ0) is 25.6. The van der Waals surface area contributed by atoms with Crippen molar-refractivity contribution < 1.29 is 13.7 Å². The van der Waals surface area contributed by atoms with Gasteiger partial charge in [0.2, 0.25) is 17.6 Å². The van der Waals surface area contributed by atoms with Crippen LogP contribution in [0.15, 0.2) is 53.1 Å². The van der Waals surface area contributed by atoms with E-state index in [4.69, 9.17) is 4.52 Å². The molecule has 3 aromatic rings. The molecule has 1 amide bonds. The van der Waals surface area contributed by atoms with Gasteiger partial charge in [0.25, 0.3) is 0 Å². The highest BCUT2D eigenvalue weighted by molar-refractivity contribution is 5.91. The van der Waals surface area contributed by atoms with E-state index >= 15 is 0 Å². The number of nitrogens with one attached hydrogen (secondary N) is 1. The molecule has 8 heteroatoms. The second-order valence-electron chi connectivity index (χ2n) is 10.4. The second-order valence-corrected chi connectivity index (χ2v) is 10.4. The minimum absolute atomic E-state index is 0. The molecule has 1 aliphatic heterocycles. The highest BCUT2D eigenvalue weighted by Gasteiger charge is 2.23. The lowest BCUT2D eigenvalue weighted by atomic mass is 9.84. The van der Waals surface area contributed by atoms with E-state index in [1.807, 2.05) is 6.92 Å². The van der Waals surface area contributed by atoms with Crippen molar-refractivity contribution >= 4 is 24.4 Å². The molecule has 1 fully saturated rings. The van der Waals surface area contributed by atoms with Crippen LogP contribution in [0.5, 0.6) is 0 Å². The van der Waals surface area contributed by atoms with Crippen molar-refractivity contribution in [2.45, 2.75) is 57.9 Å². The lowest BCUT2D eigenvalue weighted by Crippen LogP contribution is -2.37. The third kappa shape index (κ3) is 7.51. The zero-order valence-corrected chi connectivity index (χ0v) is 22.7. The molecule has 1 aliphatic carbocycles. The topological polar surface area (TPSA) is 71.3 Å². The van der Waals surface area contributed by atoms with Crippen LogP contribution in [0.4, 0.5) is 4.39 Å². The molecule has 0 atom stereocenters. The van der Waals surface area contributed by atoms with Crippen LogP contribution in [0.25, 0.3) is 17.5 Å². The van der Waals surface area contributed by atoms with E-state index in [9.17, 15) is 9.18 Å². The fourth-order valence-corrected chi connectivity index (χ4v) is 5.51. The van der Waals surface area contributed by atoms with Gasteiger partial charge < -0.3 is 14.7 Å². The van der Waals surface area contributed by atoms with Gasteiger partial charge in [0.05, 0.1) is 0 Å². The number of hydrogen-bond donors (Lipinski definition) is 1. The van der Waals surface area contributed by atoms with Crippen molar-refractivity contribution in [2.75, 3.05) is 19.6 Å². The molecule has 1 N–H and O–H groups in total. The zero-order valence-electron chi connectivity index (χ0n) is 21.9.